The molecule has 1 amide bonds. The van der Waals surface area contributed by atoms with Gasteiger partial charge in [0.15, 0.2) is 0 Å². The molecule has 28 heavy (non-hydrogen) atoms. The van der Waals surface area contributed by atoms with Crippen molar-refractivity contribution in [2.45, 2.75) is 17.1 Å². The van der Waals surface area contributed by atoms with Gasteiger partial charge < -0.3 is 11.5 Å². The molecule has 0 bridgehead atoms. The van der Waals surface area contributed by atoms with E-state index in [1.807, 2.05) is 13.0 Å². The van der Waals surface area contributed by atoms with Crippen LogP contribution in [0.25, 0.3) is 11.1 Å². The molecule has 4 nitrogen and oxygen atoms in total. The minimum atomic E-state index is -0.525. The summed E-state index contributed by atoms with van der Waals surface area (Å²) in [4.78, 5) is 16.2. The molecule has 1 aromatic heterocycles. The van der Waals surface area contributed by atoms with E-state index in [0.717, 1.165) is 11.1 Å². The van der Waals surface area contributed by atoms with Gasteiger partial charge in [-0.05, 0) is 42.8 Å². The molecule has 0 aliphatic rings. The zero-order chi connectivity index (χ0) is 20.4. The van der Waals surface area contributed by atoms with Crippen LogP contribution in [0.4, 0.5) is 10.2 Å². The Balaban J connectivity index is 1.92. The van der Waals surface area contributed by atoms with Crippen molar-refractivity contribution in [3.8, 4) is 11.1 Å². The predicted octanol–water partition coefficient (Wildman–Crippen LogP) is 5.73. The summed E-state index contributed by atoms with van der Waals surface area (Å²) in [7, 11) is 0. The van der Waals surface area contributed by atoms with Gasteiger partial charge in [0.25, 0.3) is 0 Å². The number of nitrogens with zero attached hydrogens (tertiary/aromatic N) is 1. The number of primary amides is 1. The molecule has 3 aromatic rings. The van der Waals surface area contributed by atoms with Crippen LogP contribution in [0, 0.1) is 5.82 Å². The monoisotopic (exact) mass is 435 g/mol. The highest BCUT2D eigenvalue weighted by molar-refractivity contribution is 7.99. The molecule has 0 saturated heterocycles. The fraction of sp³-hybridized carbons (Fsp3) is 0.100. The third-order valence-electron chi connectivity index (χ3n) is 4.17. The summed E-state index contributed by atoms with van der Waals surface area (Å²) in [6.07, 6.45) is 1.64. The summed E-state index contributed by atoms with van der Waals surface area (Å²) >= 11 is 13.7. The minimum Gasteiger partial charge on any atom is -0.383 e. The molecule has 0 fully saturated rings. The van der Waals surface area contributed by atoms with Gasteiger partial charge in [0.05, 0.1) is 9.92 Å². The Hall–Kier alpha value is -2.28. The zero-order valence-electron chi connectivity index (χ0n) is 14.7. The van der Waals surface area contributed by atoms with Crippen molar-refractivity contribution in [1.82, 2.24) is 4.98 Å². The molecule has 144 valence electrons. The molecule has 0 aliphatic carbocycles. The van der Waals surface area contributed by atoms with E-state index in [2.05, 4.69) is 4.98 Å². The van der Waals surface area contributed by atoms with Gasteiger partial charge in [0.2, 0.25) is 5.91 Å². The van der Waals surface area contributed by atoms with Gasteiger partial charge in [-0.25, -0.2) is 9.37 Å². The number of halogens is 3. The maximum absolute atomic E-state index is 13.8. The molecular formula is C20H16Cl2FN3OS. The van der Waals surface area contributed by atoms with Gasteiger partial charge in [-0.3, -0.25) is 4.79 Å². The van der Waals surface area contributed by atoms with Gasteiger partial charge in [-0.15, -0.1) is 11.8 Å². The molecule has 4 N–H and O–H groups in total. The first kappa shape index (κ1) is 20.5. The standard InChI is InChI=1S/C20H16Cl2FN3OS/c1-10(17-14(21)6-7-15(23)18(17)22)28-16-8-13(9-26-19(16)24)11-2-4-12(5-3-11)20(25)27/h2-10H,1H3,(H2,24,26)(H2,25,27). The number of anilines is 1. The maximum Gasteiger partial charge on any atom is 0.248 e. The first-order valence-electron chi connectivity index (χ1n) is 8.23. The Morgan fingerprint density at radius 1 is 1.14 bits per heavy atom. The smallest absolute Gasteiger partial charge is 0.248 e. The molecule has 0 saturated carbocycles. The summed E-state index contributed by atoms with van der Waals surface area (Å²) in [5.41, 5.74) is 13.9. The van der Waals surface area contributed by atoms with Crippen molar-refractivity contribution in [2.75, 3.05) is 5.73 Å². The summed E-state index contributed by atoms with van der Waals surface area (Å²) in [6, 6.07) is 11.5. The van der Waals surface area contributed by atoms with Crippen LogP contribution in [0.2, 0.25) is 10.0 Å². The molecule has 1 atom stereocenters. The summed E-state index contributed by atoms with van der Waals surface area (Å²) < 4.78 is 13.8. The number of hydrogen-bond acceptors (Lipinski definition) is 4. The highest BCUT2D eigenvalue weighted by atomic mass is 35.5. The number of pyridine rings is 1. The Bertz CT molecular complexity index is 1040. The van der Waals surface area contributed by atoms with Crippen molar-refractivity contribution in [3.63, 3.8) is 0 Å². The van der Waals surface area contributed by atoms with Gasteiger partial charge >= 0.3 is 0 Å². The fourth-order valence-electron chi connectivity index (χ4n) is 2.70. The Kier molecular flexibility index (Phi) is 6.13. The lowest BCUT2D eigenvalue weighted by Crippen LogP contribution is -2.10. The predicted molar refractivity (Wildman–Crippen MR) is 113 cm³/mol. The number of carbonyl (C=O) groups is 1. The van der Waals surface area contributed by atoms with E-state index >= 15 is 0 Å². The second kappa shape index (κ2) is 8.39. The van der Waals surface area contributed by atoms with Crippen molar-refractivity contribution in [1.29, 1.82) is 0 Å². The Labute approximate surface area is 176 Å². The molecule has 2 aromatic carbocycles. The lowest BCUT2D eigenvalue weighted by atomic mass is 10.1. The van der Waals surface area contributed by atoms with Crippen LogP contribution in [0.15, 0.2) is 53.6 Å². The number of nitrogen functional groups attached to an aromatic ring is 1. The quantitative estimate of drug-likeness (QED) is 0.395. The van der Waals surface area contributed by atoms with Gasteiger partial charge in [0, 0.05) is 33.2 Å². The average Bonchev–Trinajstić information content (AvgIpc) is 2.67. The number of amides is 1. The summed E-state index contributed by atoms with van der Waals surface area (Å²) in [6.45, 7) is 1.87. The van der Waals surface area contributed by atoms with Crippen molar-refractivity contribution in [2.24, 2.45) is 5.73 Å². The molecule has 0 aliphatic heterocycles. The number of rotatable bonds is 5. The summed E-state index contributed by atoms with van der Waals surface area (Å²) in [5.74, 6) is -0.670. The number of nitrogens with two attached hydrogens (primary N) is 2. The van der Waals surface area contributed by atoms with Gasteiger partial charge in [0.1, 0.15) is 11.6 Å². The van der Waals surface area contributed by atoms with E-state index in [9.17, 15) is 9.18 Å². The highest BCUT2D eigenvalue weighted by Gasteiger charge is 2.19. The number of aromatic nitrogens is 1. The topological polar surface area (TPSA) is 82.0 Å². The second-order valence-electron chi connectivity index (χ2n) is 6.07. The number of thioether (sulfide) groups is 1. The van der Waals surface area contributed by atoms with Crippen LogP contribution in [0.5, 0.6) is 0 Å². The molecule has 1 unspecified atom stereocenters. The fourth-order valence-corrected chi connectivity index (χ4v) is 4.64. The van der Waals surface area contributed by atoms with Crippen LogP contribution in [-0.4, -0.2) is 10.9 Å². The average molecular weight is 436 g/mol. The molecule has 1 heterocycles. The van der Waals surface area contributed by atoms with Crippen LogP contribution < -0.4 is 11.5 Å². The molecule has 0 radical (unpaired) electrons. The lowest BCUT2D eigenvalue weighted by Gasteiger charge is -2.17. The second-order valence-corrected chi connectivity index (χ2v) is 8.23. The lowest BCUT2D eigenvalue weighted by molar-refractivity contribution is 0.100. The molecule has 8 heteroatoms. The van der Waals surface area contributed by atoms with Crippen molar-refractivity contribution < 1.29 is 9.18 Å². The highest BCUT2D eigenvalue weighted by Crippen LogP contribution is 2.44. The Morgan fingerprint density at radius 3 is 2.46 bits per heavy atom. The van der Waals surface area contributed by atoms with E-state index in [-0.39, 0.29) is 10.3 Å². The molecule has 0 spiro atoms. The van der Waals surface area contributed by atoms with E-state index < -0.39 is 11.7 Å². The largest absolute Gasteiger partial charge is 0.383 e. The van der Waals surface area contributed by atoms with E-state index in [0.29, 0.717) is 26.9 Å². The normalized spacial score (nSPS) is 12.0. The minimum absolute atomic E-state index is 0.00257. The van der Waals surface area contributed by atoms with Crippen LogP contribution >= 0.6 is 35.0 Å². The van der Waals surface area contributed by atoms with Crippen LogP contribution in [0.3, 0.4) is 0 Å². The molecular weight excluding hydrogens is 420 g/mol. The van der Waals surface area contributed by atoms with E-state index in [1.54, 1.807) is 30.5 Å². The van der Waals surface area contributed by atoms with E-state index in [4.69, 9.17) is 34.7 Å². The third-order valence-corrected chi connectivity index (χ3v) is 6.06. The first-order valence-corrected chi connectivity index (χ1v) is 9.87. The number of benzene rings is 2. The van der Waals surface area contributed by atoms with Gasteiger partial charge in [-0.2, -0.15) is 0 Å². The summed E-state index contributed by atoms with van der Waals surface area (Å²) in [5, 5.41) is 0.126. The first-order chi connectivity index (χ1) is 13.3. The van der Waals surface area contributed by atoms with Crippen molar-refractivity contribution >= 4 is 46.7 Å². The zero-order valence-corrected chi connectivity index (χ0v) is 17.1. The number of carbonyl (C=O) groups excluding carboxylic acids is 1. The third kappa shape index (κ3) is 4.24. The van der Waals surface area contributed by atoms with E-state index in [1.165, 1.54) is 23.9 Å². The van der Waals surface area contributed by atoms with Gasteiger partial charge in [-0.1, -0.05) is 35.3 Å². The van der Waals surface area contributed by atoms with Crippen LogP contribution in [0.1, 0.15) is 28.1 Å². The van der Waals surface area contributed by atoms with Crippen molar-refractivity contribution in [3.05, 3.63) is 75.7 Å². The maximum atomic E-state index is 13.8. The van der Waals surface area contributed by atoms with Crippen LogP contribution in [-0.2, 0) is 0 Å². The Morgan fingerprint density at radius 2 is 1.82 bits per heavy atom. The SMILES string of the molecule is CC(Sc1cc(-c2ccc(C(N)=O)cc2)cnc1N)c1c(Cl)ccc(F)c1Cl. The molecule has 3 rings (SSSR count). The number of hydrogen-bond donors (Lipinski definition) is 2.